The van der Waals surface area contributed by atoms with Crippen molar-refractivity contribution in [1.29, 1.82) is 0 Å². The van der Waals surface area contributed by atoms with Gasteiger partial charge in [0.05, 0.1) is 11.8 Å². The van der Waals surface area contributed by atoms with Crippen LogP contribution >= 0.6 is 0 Å². The van der Waals surface area contributed by atoms with Crippen LogP contribution in [0.15, 0.2) is 47.1 Å². The van der Waals surface area contributed by atoms with E-state index in [1.807, 2.05) is 12.1 Å². The Balaban J connectivity index is 1.79. The van der Waals surface area contributed by atoms with Gasteiger partial charge in [-0.2, -0.15) is 0 Å². The number of carbonyl (C=O) groups is 1. The Morgan fingerprint density at radius 3 is 2.90 bits per heavy atom. The molecule has 0 fully saturated rings. The maximum atomic E-state index is 13.0. The van der Waals surface area contributed by atoms with E-state index < -0.39 is 17.9 Å². The van der Waals surface area contributed by atoms with E-state index in [-0.39, 0.29) is 11.5 Å². The number of carbonyl (C=O) groups excluding carboxylic acids is 1. The first kappa shape index (κ1) is 13.2. The van der Waals surface area contributed by atoms with Gasteiger partial charge >= 0.3 is 5.97 Å². The van der Waals surface area contributed by atoms with Crippen LogP contribution in [0.1, 0.15) is 29.3 Å². The Bertz CT molecular complexity index is 767. The van der Waals surface area contributed by atoms with Gasteiger partial charge in [0, 0.05) is 6.20 Å². The number of rotatable bonds is 3. The highest BCUT2D eigenvalue weighted by Crippen LogP contribution is 2.22. The average Bonchev–Trinajstić information content (AvgIpc) is 2.91. The van der Waals surface area contributed by atoms with Crippen molar-refractivity contribution in [2.24, 2.45) is 0 Å². The fourth-order valence-electron chi connectivity index (χ4n) is 1.87. The van der Waals surface area contributed by atoms with E-state index in [1.165, 1.54) is 6.20 Å². The first-order valence-electron chi connectivity index (χ1n) is 6.30. The molecule has 6 heteroatoms. The van der Waals surface area contributed by atoms with Crippen LogP contribution in [0.3, 0.4) is 0 Å². The lowest BCUT2D eigenvalue weighted by atomic mass is 10.3. The lowest BCUT2D eigenvalue weighted by molar-refractivity contribution is 0.0281. The molecule has 0 aliphatic heterocycles. The van der Waals surface area contributed by atoms with Gasteiger partial charge in [-0.25, -0.2) is 14.2 Å². The van der Waals surface area contributed by atoms with Crippen molar-refractivity contribution in [1.82, 2.24) is 9.97 Å². The highest BCUT2D eigenvalue weighted by atomic mass is 19.1. The zero-order chi connectivity index (χ0) is 14.8. The lowest BCUT2D eigenvalue weighted by Crippen LogP contribution is -2.10. The molecule has 3 aromatic rings. The number of nitrogens with zero attached hydrogens (tertiary/aromatic N) is 2. The molecular weight excluding hydrogens is 275 g/mol. The molecule has 0 radical (unpaired) electrons. The largest absolute Gasteiger partial charge is 0.449 e. The van der Waals surface area contributed by atoms with E-state index in [4.69, 9.17) is 9.15 Å². The van der Waals surface area contributed by atoms with Crippen molar-refractivity contribution >= 4 is 17.1 Å². The van der Waals surface area contributed by atoms with Crippen molar-refractivity contribution in [3.63, 3.8) is 0 Å². The first-order chi connectivity index (χ1) is 10.1. The number of pyridine rings is 1. The summed E-state index contributed by atoms with van der Waals surface area (Å²) in [4.78, 5) is 19.7. The van der Waals surface area contributed by atoms with E-state index in [9.17, 15) is 9.18 Å². The molecule has 1 atom stereocenters. The Morgan fingerprint density at radius 1 is 1.33 bits per heavy atom. The van der Waals surface area contributed by atoms with Crippen LogP contribution in [0.25, 0.3) is 11.1 Å². The quantitative estimate of drug-likeness (QED) is 0.691. The van der Waals surface area contributed by atoms with Gasteiger partial charge in [-0.1, -0.05) is 12.1 Å². The molecule has 1 aromatic carbocycles. The Labute approximate surface area is 119 Å². The molecule has 0 amide bonds. The van der Waals surface area contributed by atoms with Gasteiger partial charge in [-0.3, -0.25) is 4.98 Å². The van der Waals surface area contributed by atoms with Crippen molar-refractivity contribution in [3.8, 4) is 0 Å². The average molecular weight is 286 g/mol. The van der Waals surface area contributed by atoms with Gasteiger partial charge in [0.2, 0.25) is 5.89 Å². The number of oxazole rings is 1. The third-order valence-corrected chi connectivity index (χ3v) is 2.88. The van der Waals surface area contributed by atoms with E-state index >= 15 is 0 Å². The second-order valence-electron chi connectivity index (χ2n) is 4.46. The SMILES string of the molecule is C[C@@H](OC(=O)c1cncc(F)c1)c1nc2ccccc2o1. The van der Waals surface area contributed by atoms with Crippen LogP contribution < -0.4 is 0 Å². The number of benzene rings is 1. The summed E-state index contributed by atoms with van der Waals surface area (Å²) in [6.45, 7) is 1.63. The summed E-state index contributed by atoms with van der Waals surface area (Å²) in [7, 11) is 0. The molecule has 0 unspecified atom stereocenters. The van der Waals surface area contributed by atoms with E-state index in [0.717, 1.165) is 12.3 Å². The normalized spacial score (nSPS) is 12.3. The van der Waals surface area contributed by atoms with Crippen LogP contribution in [0, 0.1) is 5.82 Å². The topological polar surface area (TPSA) is 65.2 Å². The zero-order valence-electron chi connectivity index (χ0n) is 11.1. The summed E-state index contributed by atoms with van der Waals surface area (Å²) in [6.07, 6.45) is 1.57. The van der Waals surface area contributed by atoms with Crippen LogP contribution in [-0.4, -0.2) is 15.9 Å². The molecule has 2 aromatic heterocycles. The number of aromatic nitrogens is 2. The number of halogens is 1. The van der Waals surface area contributed by atoms with Gasteiger partial charge < -0.3 is 9.15 Å². The van der Waals surface area contributed by atoms with Crippen LogP contribution in [0.2, 0.25) is 0 Å². The molecule has 0 N–H and O–H groups in total. The third-order valence-electron chi connectivity index (χ3n) is 2.88. The second kappa shape index (κ2) is 5.32. The van der Waals surface area contributed by atoms with E-state index in [0.29, 0.717) is 11.1 Å². The predicted octanol–water partition coefficient (Wildman–Crippen LogP) is 3.28. The molecule has 0 bridgehead atoms. The molecule has 0 aliphatic rings. The molecule has 3 rings (SSSR count). The molecule has 5 nitrogen and oxygen atoms in total. The number of esters is 1. The van der Waals surface area contributed by atoms with Crippen LogP contribution in [0.4, 0.5) is 4.39 Å². The highest BCUT2D eigenvalue weighted by Gasteiger charge is 2.19. The molecule has 0 aliphatic carbocycles. The second-order valence-corrected chi connectivity index (χ2v) is 4.46. The number of hydrogen-bond acceptors (Lipinski definition) is 5. The monoisotopic (exact) mass is 286 g/mol. The fraction of sp³-hybridized carbons (Fsp3) is 0.133. The minimum atomic E-state index is -0.687. The summed E-state index contributed by atoms with van der Waals surface area (Å²) < 4.78 is 23.7. The van der Waals surface area contributed by atoms with Crippen molar-refractivity contribution < 1.29 is 18.3 Å². The predicted molar refractivity (Wildman–Crippen MR) is 72.0 cm³/mol. The van der Waals surface area contributed by atoms with Crippen LogP contribution in [-0.2, 0) is 4.74 Å². The zero-order valence-corrected chi connectivity index (χ0v) is 11.1. The summed E-state index contributed by atoms with van der Waals surface area (Å²) in [5.41, 5.74) is 1.34. The van der Waals surface area contributed by atoms with E-state index in [1.54, 1.807) is 19.1 Å². The molecule has 21 heavy (non-hydrogen) atoms. The molecule has 106 valence electrons. The minimum Gasteiger partial charge on any atom is -0.449 e. The van der Waals surface area contributed by atoms with Gasteiger partial charge in [0.15, 0.2) is 11.7 Å². The van der Waals surface area contributed by atoms with Crippen LogP contribution in [0.5, 0.6) is 0 Å². The molecule has 0 saturated heterocycles. The van der Waals surface area contributed by atoms with Crippen molar-refractivity contribution in [3.05, 3.63) is 60.0 Å². The summed E-state index contributed by atoms with van der Waals surface area (Å²) in [5, 5.41) is 0. The standard InChI is InChI=1S/C15H11FN2O3/c1-9(14-18-12-4-2-3-5-13(12)21-14)20-15(19)10-6-11(16)8-17-7-10/h2-9H,1H3/t9-/m1/s1. The number of ether oxygens (including phenoxy) is 1. The lowest BCUT2D eigenvalue weighted by Gasteiger charge is -2.09. The number of fused-ring (bicyclic) bond motifs is 1. The molecule has 0 saturated carbocycles. The minimum absolute atomic E-state index is 0.0398. The van der Waals surface area contributed by atoms with Gasteiger partial charge in [-0.05, 0) is 25.1 Å². The van der Waals surface area contributed by atoms with Gasteiger partial charge in [-0.15, -0.1) is 0 Å². The van der Waals surface area contributed by atoms with Gasteiger partial charge in [0.1, 0.15) is 11.3 Å². The number of hydrogen-bond donors (Lipinski definition) is 0. The van der Waals surface area contributed by atoms with Gasteiger partial charge in [0.25, 0.3) is 0 Å². The smallest absolute Gasteiger partial charge is 0.340 e. The number of para-hydroxylation sites is 2. The Kier molecular flexibility index (Phi) is 3.35. The Morgan fingerprint density at radius 2 is 2.14 bits per heavy atom. The third kappa shape index (κ3) is 2.74. The van der Waals surface area contributed by atoms with E-state index in [2.05, 4.69) is 9.97 Å². The first-order valence-corrected chi connectivity index (χ1v) is 6.30. The summed E-state index contributed by atoms with van der Waals surface area (Å²) in [6, 6.07) is 8.30. The van der Waals surface area contributed by atoms with Crippen molar-refractivity contribution in [2.45, 2.75) is 13.0 Å². The molecule has 2 heterocycles. The summed E-state index contributed by atoms with van der Waals surface area (Å²) in [5.74, 6) is -0.996. The molecular formula is C15H11FN2O3. The molecule has 0 spiro atoms. The highest BCUT2D eigenvalue weighted by molar-refractivity contribution is 5.89. The fourth-order valence-corrected chi connectivity index (χ4v) is 1.87. The maximum absolute atomic E-state index is 13.0. The Hall–Kier alpha value is -2.76. The van der Waals surface area contributed by atoms with Crippen molar-refractivity contribution in [2.75, 3.05) is 0 Å². The maximum Gasteiger partial charge on any atom is 0.340 e. The summed E-state index contributed by atoms with van der Waals surface area (Å²) >= 11 is 0.